The quantitative estimate of drug-likeness (QED) is 0.654. The van der Waals surface area contributed by atoms with Crippen molar-refractivity contribution in [2.75, 3.05) is 0 Å². The first-order chi connectivity index (χ1) is 6.29. The minimum Gasteiger partial charge on any atom is -0.237 e. The van der Waals surface area contributed by atoms with Crippen LogP contribution < -0.4 is 0 Å². The molecule has 0 aliphatic heterocycles. The lowest BCUT2D eigenvalue weighted by atomic mass is 10.3. The number of hydrogen-bond acceptors (Lipinski definition) is 1. The minimum atomic E-state index is -0.903. The van der Waals surface area contributed by atoms with E-state index in [2.05, 4.69) is 11.2 Å². The first-order valence-electron chi connectivity index (χ1n) is 3.64. The third-order valence-corrected chi connectivity index (χ3v) is 1.63. The van der Waals surface area contributed by atoms with Crippen LogP contribution >= 0.6 is 0 Å². The molecule has 1 aromatic heterocycles. The summed E-state index contributed by atoms with van der Waals surface area (Å²) in [6, 6.07) is 6.57. The highest BCUT2D eigenvalue weighted by molar-refractivity contribution is 5.32. The predicted molar refractivity (Wildman–Crippen MR) is 42.3 cm³/mol. The molecule has 0 spiro atoms. The van der Waals surface area contributed by atoms with E-state index in [4.69, 9.17) is 0 Å². The maximum atomic E-state index is 13.1. The molecule has 0 saturated heterocycles. The van der Waals surface area contributed by atoms with Gasteiger partial charge in [-0.05, 0) is 12.1 Å². The number of aromatic nitrogens is 2. The van der Waals surface area contributed by atoms with Gasteiger partial charge in [-0.15, -0.1) is 0 Å². The third-order valence-electron chi connectivity index (χ3n) is 1.63. The number of rotatable bonds is 1. The molecule has 2 aromatic rings. The Morgan fingerprint density at radius 1 is 1.31 bits per heavy atom. The van der Waals surface area contributed by atoms with E-state index in [9.17, 15) is 8.78 Å². The lowest BCUT2D eigenvalue weighted by Crippen LogP contribution is -1.99. The van der Waals surface area contributed by atoms with Crippen molar-refractivity contribution >= 4 is 0 Å². The second-order valence-corrected chi connectivity index (χ2v) is 2.46. The van der Waals surface area contributed by atoms with Gasteiger partial charge in [-0.25, -0.2) is 13.5 Å². The van der Waals surface area contributed by atoms with Gasteiger partial charge < -0.3 is 0 Å². The Labute approximate surface area is 73.4 Å². The van der Waals surface area contributed by atoms with Crippen LogP contribution in [-0.4, -0.2) is 9.78 Å². The second kappa shape index (κ2) is 2.97. The molecule has 0 aliphatic carbocycles. The van der Waals surface area contributed by atoms with Crippen LogP contribution in [0.3, 0.4) is 0 Å². The largest absolute Gasteiger partial charge is 0.237 e. The van der Waals surface area contributed by atoms with Gasteiger partial charge in [-0.1, -0.05) is 6.07 Å². The van der Waals surface area contributed by atoms with Crippen molar-refractivity contribution in [3.05, 3.63) is 48.3 Å². The van der Waals surface area contributed by atoms with E-state index in [1.807, 2.05) is 0 Å². The monoisotopic (exact) mass is 179 g/mol. The summed E-state index contributed by atoms with van der Waals surface area (Å²) in [7, 11) is 0. The summed E-state index contributed by atoms with van der Waals surface area (Å²) < 4.78 is 27.1. The smallest absolute Gasteiger partial charge is 0.184 e. The van der Waals surface area contributed by atoms with Gasteiger partial charge in [0.05, 0.1) is 6.20 Å². The van der Waals surface area contributed by atoms with E-state index in [1.165, 1.54) is 29.2 Å². The van der Waals surface area contributed by atoms with Crippen molar-refractivity contribution in [2.24, 2.45) is 0 Å². The average molecular weight is 179 g/mol. The van der Waals surface area contributed by atoms with Crippen LogP contribution in [0.2, 0.25) is 0 Å². The molecule has 65 valence electrons. The van der Waals surface area contributed by atoms with Crippen LogP contribution in [0.4, 0.5) is 8.78 Å². The lowest BCUT2D eigenvalue weighted by Gasteiger charge is -2.02. The fraction of sp³-hybridized carbons (Fsp3) is 0. The van der Waals surface area contributed by atoms with Crippen molar-refractivity contribution in [3.8, 4) is 5.69 Å². The highest BCUT2D eigenvalue weighted by Gasteiger charge is 2.08. The molecule has 0 N–H and O–H groups in total. The Bertz CT molecular complexity index is 410. The zero-order valence-corrected chi connectivity index (χ0v) is 6.54. The zero-order valence-electron chi connectivity index (χ0n) is 6.54. The molecule has 0 fully saturated rings. The minimum absolute atomic E-state index is 0.0845. The molecule has 0 amide bonds. The Hall–Kier alpha value is -1.71. The first-order valence-corrected chi connectivity index (χ1v) is 3.64. The summed E-state index contributed by atoms with van der Waals surface area (Å²) in [5.74, 6) is -1.78. The highest BCUT2D eigenvalue weighted by atomic mass is 19.2. The van der Waals surface area contributed by atoms with Crippen molar-refractivity contribution in [1.29, 1.82) is 0 Å². The number of benzene rings is 1. The van der Waals surface area contributed by atoms with Crippen LogP contribution in [0.5, 0.6) is 0 Å². The first kappa shape index (κ1) is 7.91. The van der Waals surface area contributed by atoms with Crippen LogP contribution in [0, 0.1) is 17.7 Å². The fourth-order valence-electron chi connectivity index (χ4n) is 1.03. The Morgan fingerprint density at radius 2 is 2.15 bits per heavy atom. The topological polar surface area (TPSA) is 17.8 Å². The molecular weight excluding hydrogens is 174 g/mol. The molecule has 0 unspecified atom stereocenters. The molecule has 2 nitrogen and oxygen atoms in total. The Kier molecular flexibility index (Phi) is 1.81. The molecule has 0 bridgehead atoms. The van der Waals surface area contributed by atoms with Crippen LogP contribution in [0.25, 0.3) is 5.69 Å². The standard InChI is InChI=1S/C9H5F2N2/c10-7-3-1-4-8(9(7)11)13-6-2-5-12-13/h1,3-6H. The Balaban J connectivity index is 2.59. The molecule has 2 rings (SSSR count). The van der Waals surface area contributed by atoms with Gasteiger partial charge in [-0.2, -0.15) is 5.10 Å². The van der Waals surface area contributed by atoms with Crippen molar-refractivity contribution in [3.63, 3.8) is 0 Å². The molecule has 1 aromatic carbocycles. The van der Waals surface area contributed by atoms with E-state index < -0.39 is 11.6 Å². The van der Waals surface area contributed by atoms with E-state index in [-0.39, 0.29) is 5.69 Å². The predicted octanol–water partition coefficient (Wildman–Crippen LogP) is 1.95. The molecule has 13 heavy (non-hydrogen) atoms. The van der Waals surface area contributed by atoms with Gasteiger partial charge in [0.15, 0.2) is 11.6 Å². The maximum absolute atomic E-state index is 13.1. The number of hydrogen-bond donors (Lipinski definition) is 0. The van der Waals surface area contributed by atoms with E-state index in [1.54, 1.807) is 0 Å². The maximum Gasteiger partial charge on any atom is 0.184 e. The summed E-state index contributed by atoms with van der Waals surface area (Å²) in [5.41, 5.74) is 0.0845. The van der Waals surface area contributed by atoms with Crippen LogP contribution in [-0.2, 0) is 0 Å². The van der Waals surface area contributed by atoms with Crippen LogP contribution in [0.1, 0.15) is 0 Å². The van der Waals surface area contributed by atoms with E-state index in [0.717, 1.165) is 6.07 Å². The molecule has 1 radical (unpaired) electrons. The highest BCUT2D eigenvalue weighted by Crippen LogP contribution is 2.14. The summed E-state index contributed by atoms with van der Waals surface area (Å²) in [6.07, 6.45) is 2.81. The van der Waals surface area contributed by atoms with Gasteiger partial charge in [0.2, 0.25) is 0 Å². The average Bonchev–Trinajstić information content (AvgIpc) is 2.62. The van der Waals surface area contributed by atoms with Crippen molar-refractivity contribution in [2.45, 2.75) is 0 Å². The van der Waals surface area contributed by atoms with Gasteiger partial charge in [0.1, 0.15) is 5.69 Å². The molecule has 0 atom stereocenters. The van der Waals surface area contributed by atoms with Crippen molar-refractivity contribution in [1.82, 2.24) is 9.78 Å². The van der Waals surface area contributed by atoms with Gasteiger partial charge in [-0.3, -0.25) is 0 Å². The molecule has 1 heterocycles. The second-order valence-electron chi connectivity index (χ2n) is 2.46. The molecule has 4 heteroatoms. The summed E-state index contributed by atoms with van der Waals surface area (Å²) >= 11 is 0. The van der Waals surface area contributed by atoms with Gasteiger partial charge in [0.25, 0.3) is 0 Å². The van der Waals surface area contributed by atoms with E-state index >= 15 is 0 Å². The molecular formula is C9H5F2N2. The summed E-state index contributed by atoms with van der Waals surface area (Å²) in [4.78, 5) is 0. The van der Waals surface area contributed by atoms with Gasteiger partial charge >= 0.3 is 0 Å². The Morgan fingerprint density at radius 3 is 2.85 bits per heavy atom. The van der Waals surface area contributed by atoms with Crippen molar-refractivity contribution < 1.29 is 8.78 Å². The third kappa shape index (κ3) is 1.30. The summed E-state index contributed by atoms with van der Waals surface area (Å²) in [6.45, 7) is 0. The molecule has 0 aliphatic rings. The van der Waals surface area contributed by atoms with Gasteiger partial charge in [0, 0.05) is 12.3 Å². The number of nitrogens with zero attached hydrogens (tertiary/aromatic N) is 2. The SMILES string of the molecule is Fc1cccc(-n2c[c]cn2)c1F. The van der Waals surface area contributed by atoms with Crippen LogP contribution in [0.15, 0.2) is 30.6 Å². The molecule has 0 saturated carbocycles. The fourth-order valence-corrected chi connectivity index (χ4v) is 1.03. The summed E-state index contributed by atoms with van der Waals surface area (Å²) in [5, 5.41) is 3.74. The zero-order chi connectivity index (χ0) is 9.26. The number of halogens is 2. The lowest BCUT2D eigenvalue weighted by molar-refractivity contribution is 0.501. The van der Waals surface area contributed by atoms with E-state index in [0.29, 0.717) is 0 Å². The normalized spacial score (nSPS) is 10.3.